The lowest BCUT2D eigenvalue weighted by Gasteiger charge is -1.97. The van der Waals surface area contributed by atoms with Gasteiger partial charge in [-0.1, -0.05) is 16.7 Å². The fourth-order valence-electron chi connectivity index (χ4n) is 1.16. The molecule has 16 heavy (non-hydrogen) atoms. The lowest BCUT2D eigenvalue weighted by molar-refractivity contribution is 0.489. The number of hydrogen-bond donors (Lipinski definition) is 2. The van der Waals surface area contributed by atoms with E-state index in [-0.39, 0.29) is 0 Å². The van der Waals surface area contributed by atoms with Crippen molar-refractivity contribution in [2.75, 3.05) is 12.4 Å². The van der Waals surface area contributed by atoms with Gasteiger partial charge < -0.3 is 15.1 Å². The summed E-state index contributed by atoms with van der Waals surface area (Å²) in [5.74, 6) is 0.564. The largest absolute Gasteiger partial charge is 0.407 e. The summed E-state index contributed by atoms with van der Waals surface area (Å²) in [6.07, 6.45) is 0. The Hall–Kier alpha value is -1.11. The molecular formula is C9H11ClN4OS. The highest BCUT2D eigenvalue weighted by atomic mass is 35.5. The van der Waals surface area contributed by atoms with Gasteiger partial charge in [-0.25, -0.2) is 0 Å². The van der Waals surface area contributed by atoms with Crippen molar-refractivity contribution < 1.29 is 4.42 Å². The predicted molar refractivity (Wildman–Crippen MR) is 63.7 cm³/mol. The van der Waals surface area contributed by atoms with Gasteiger partial charge in [-0.3, -0.25) is 0 Å². The Labute approximate surface area is 102 Å². The van der Waals surface area contributed by atoms with Gasteiger partial charge >= 0.3 is 6.01 Å². The molecule has 0 radical (unpaired) electrons. The average molecular weight is 259 g/mol. The molecule has 0 amide bonds. The maximum absolute atomic E-state index is 5.82. The van der Waals surface area contributed by atoms with Crippen molar-refractivity contribution in [1.82, 2.24) is 15.5 Å². The first kappa shape index (κ1) is 11.4. The highest BCUT2D eigenvalue weighted by Crippen LogP contribution is 2.22. The lowest BCUT2D eigenvalue weighted by Crippen LogP contribution is -2.04. The monoisotopic (exact) mass is 258 g/mol. The van der Waals surface area contributed by atoms with Crippen molar-refractivity contribution in [3.8, 4) is 0 Å². The molecule has 7 heteroatoms. The van der Waals surface area contributed by atoms with Crippen LogP contribution in [0.2, 0.25) is 4.34 Å². The molecule has 5 nitrogen and oxygen atoms in total. The third kappa shape index (κ3) is 2.94. The van der Waals surface area contributed by atoms with Gasteiger partial charge in [0, 0.05) is 4.88 Å². The van der Waals surface area contributed by atoms with Gasteiger partial charge in [0.25, 0.3) is 0 Å². The molecule has 2 heterocycles. The zero-order chi connectivity index (χ0) is 11.4. The minimum atomic E-state index is 0.426. The van der Waals surface area contributed by atoms with Gasteiger partial charge in [0.2, 0.25) is 5.89 Å². The highest BCUT2D eigenvalue weighted by Gasteiger charge is 2.05. The topological polar surface area (TPSA) is 63.0 Å². The van der Waals surface area contributed by atoms with Gasteiger partial charge in [-0.05, 0) is 19.2 Å². The predicted octanol–water partition coefficient (Wildman–Crippen LogP) is 2.12. The van der Waals surface area contributed by atoms with Crippen LogP contribution in [0.3, 0.4) is 0 Å². The fourth-order valence-corrected chi connectivity index (χ4v) is 2.18. The van der Waals surface area contributed by atoms with Gasteiger partial charge in [-0.2, -0.15) is 0 Å². The van der Waals surface area contributed by atoms with E-state index in [1.807, 2.05) is 19.2 Å². The average Bonchev–Trinajstić information content (AvgIpc) is 2.85. The molecule has 2 rings (SSSR count). The van der Waals surface area contributed by atoms with Crippen molar-refractivity contribution in [2.45, 2.75) is 13.1 Å². The Morgan fingerprint density at radius 3 is 2.94 bits per heavy atom. The number of hydrogen-bond acceptors (Lipinski definition) is 6. The molecule has 2 aromatic heterocycles. The second-order valence-electron chi connectivity index (χ2n) is 3.09. The summed E-state index contributed by atoms with van der Waals surface area (Å²) in [4.78, 5) is 1.12. The van der Waals surface area contributed by atoms with Crippen LogP contribution < -0.4 is 10.6 Å². The molecule has 0 aromatic carbocycles. The first-order chi connectivity index (χ1) is 7.78. The van der Waals surface area contributed by atoms with Crippen LogP contribution in [-0.2, 0) is 13.1 Å². The summed E-state index contributed by atoms with van der Waals surface area (Å²) in [5.41, 5.74) is 0. The Bertz CT molecular complexity index is 456. The molecule has 86 valence electrons. The number of anilines is 1. The molecule has 0 saturated carbocycles. The Morgan fingerprint density at radius 1 is 1.38 bits per heavy atom. The third-order valence-electron chi connectivity index (χ3n) is 1.84. The lowest BCUT2D eigenvalue weighted by atomic mass is 10.5. The summed E-state index contributed by atoms with van der Waals surface area (Å²) in [5, 5.41) is 13.7. The quantitative estimate of drug-likeness (QED) is 0.860. The Morgan fingerprint density at radius 2 is 2.25 bits per heavy atom. The van der Waals surface area contributed by atoms with Crippen LogP contribution in [0.1, 0.15) is 10.8 Å². The van der Waals surface area contributed by atoms with Crippen LogP contribution in [0.15, 0.2) is 16.5 Å². The van der Waals surface area contributed by atoms with E-state index in [0.29, 0.717) is 25.0 Å². The maximum atomic E-state index is 5.82. The first-order valence-corrected chi connectivity index (χ1v) is 5.92. The van der Waals surface area contributed by atoms with Crippen molar-refractivity contribution in [3.63, 3.8) is 0 Å². The Balaban J connectivity index is 1.89. The van der Waals surface area contributed by atoms with Gasteiger partial charge in [0.1, 0.15) is 0 Å². The van der Waals surface area contributed by atoms with Gasteiger partial charge in [0.05, 0.1) is 17.4 Å². The number of nitrogens with one attached hydrogen (secondary N) is 2. The zero-order valence-corrected chi connectivity index (χ0v) is 10.2. The first-order valence-electron chi connectivity index (χ1n) is 4.73. The molecular weight excluding hydrogens is 248 g/mol. The maximum Gasteiger partial charge on any atom is 0.315 e. The summed E-state index contributed by atoms with van der Waals surface area (Å²) in [7, 11) is 1.82. The summed E-state index contributed by atoms with van der Waals surface area (Å²) in [6, 6.07) is 4.25. The van der Waals surface area contributed by atoms with E-state index in [0.717, 1.165) is 9.21 Å². The highest BCUT2D eigenvalue weighted by molar-refractivity contribution is 7.16. The van der Waals surface area contributed by atoms with Crippen LogP contribution in [0.4, 0.5) is 6.01 Å². The minimum absolute atomic E-state index is 0.426. The third-order valence-corrected chi connectivity index (χ3v) is 3.07. The van der Waals surface area contributed by atoms with Crippen molar-refractivity contribution >= 4 is 29.0 Å². The molecule has 0 aliphatic carbocycles. The smallest absolute Gasteiger partial charge is 0.315 e. The summed E-state index contributed by atoms with van der Waals surface area (Å²) >= 11 is 7.34. The van der Waals surface area contributed by atoms with Crippen LogP contribution in [-0.4, -0.2) is 17.2 Å². The van der Waals surface area contributed by atoms with Crippen molar-refractivity contribution in [1.29, 1.82) is 0 Å². The van der Waals surface area contributed by atoms with E-state index in [4.69, 9.17) is 16.0 Å². The molecule has 2 N–H and O–H groups in total. The number of thiophene rings is 1. The number of rotatable bonds is 5. The molecule has 0 saturated heterocycles. The second-order valence-corrected chi connectivity index (χ2v) is 4.89. The van der Waals surface area contributed by atoms with Gasteiger partial charge in [0.15, 0.2) is 0 Å². The molecule has 0 bridgehead atoms. The van der Waals surface area contributed by atoms with E-state index in [2.05, 4.69) is 20.8 Å². The molecule has 2 aromatic rings. The number of aromatic nitrogens is 2. The van der Waals surface area contributed by atoms with Crippen LogP contribution in [0.5, 0.6) is 0 Å². The van der Waals surface area contributed by atoms with E-state index in [1.165, 1.54) is 11.3 Å². The number of halogens is 1. The van der Waals surface area contributed by atoms with E-state index < -0.39 is 0 Å². The molecule has 0 aliphatic heterocycles. The van der Waals surface area contributed by atoms with Crippen molar-refractivity contribution in [3.05, 3.63) is 27.2 Å². The standard InChI is InChI=1S/C9H11ClN4OS/c1-11-5-8-13-14-9(15-8)12-4-6-2-3-7(10)16-6/h2-3,11H,4-5H2,1H3,(H,12,14). The van der Waals surface area contributed by atoms with Crippen LogP contribution >= 0.6 is 22.9 Å². The second kappa shape index (κ2) is 5.29. The van der Waals surface area contributed by atoms with E-state index in [1.54, 1.807) is 0 Å². The SMILES string of the molecule is CNCc1nnc(NCc2ccc(Cl)s2)o1. The molecule has 0 atom stereocenters. The normalized spacial score (nSPS) is 10.6. The fraction of sp³-hybridized carbons (Fsp3) is 0.333. The summed E-state index contributed by atoms with van der Waals surface area (Å²) < 4.78 is 6.10. The molecule has 0 spiro atoms. The minimum Gasteiger partial charge on any atom is -0.407 e. The molecule has 0 fully saturated rings. The van der Waals surface area contributed by atoms with Crippen LogP contribution in [0.25, 0.3) is 0 Å². The van der Waals surface area contributed by atoms with Gasteiger partial charge in [-0.15, -0.1) is 16.4 Å². The van der Waals surface area contributed by atoms with E-state index >= 15 is 0 Å². The molecule has 0 unspecified atom stereocenters. The number of nitrogens with zero attached hydrogens (tertiary/aromatic N) is 2. The Kier molecular flexibility index (Phi) is 3.76. The molecule has 0 aliphatic rings. The summed E-state index contributed by atoms with van der Waals surface area (Å²) in [6.45, 7) is 1.21. The zero-order valence-electron chi connectivity index (χ0n) is 8.66. The van der Waals surface area contributed by atoms with Crippen molar-refractivity contribution in [2.24, 2.45) is 0 Å². The van der Waals surface area contributed by atoms with E-state index in [9.17, 15) is 0 Å². The van der Waals surface area contributed by atoms with Crippen LogP contribution in [0, 0.1) is 0 Å².